The van der Waals surface area contributed by atoms with Crippen LogP contribution in [0.2, 0.25) is 0 Å². The third-order valence-corrected chi connectivity index (χ3v) is 5.80. The van der Waals surface area contributed by atoms with Gasteiger partial charge in [0.2, 0.25) is 0 Å². The largest absolute Gasteiger partial charge is 0.480 e. The highest BCUT2D eigenvalue weighted by molar-refractivity contribution is 7.98. The summed E-state index contributed by atoms with van der Waals surface area (Å²) in [6.07, 6.45) is 5.54. The van der Waals surface area contributed by atoms with Gasteiger partial charge in [-0.2, -0.15) is 22.0 Å². The molecule has 33 heavy (non-hydrogen) atoms. The van der Waals surface area contributed by atoms with Gasteiger partial charge in [-0.15, -0.1) is 0 Å². The van der Waals surface area contributed by atoms with Crippen molar-refractivity contribution in [2.45, 2.75) is 32.6 Å². The number of rotatable bonds is 11. The van der Waals surface area contributed by atoms with E-state index in [2.05, 4.69) is 15.5 Å². The summed E-state index contributed by atoms with van der Waals surface area (Å²) in [5, 5.41) is 19.8. The second-order valence-corrected chi connectivity index (χ2v) is 8.57. The van der Waals surface area contributed by atoms with Crippen LogP contribution in [0.5, 0.6) is 0 Å². The van der Waals surface area contributed by atoms with Crippen LogP contribution in [0.25, 0.3) is 11.1 Å². The Balaban J connectivity index is 1.85. The zero-order valence-electron chi connectivity index (χ0n) is 18.7. The molecule has 2 aromatic carbocycles. The van der Waals surface area contributed by atoms with Crippen LogP contribution in [-0.4, -0.2) is 45.2 Å². The topological polar surface area (TPSA) is 101 Å². The number of hydrogen-bond acceptors (Lipinski definition) is 6. The Hall–Kier alpha value is -3.23. The van der Waals surface area contributed by atoms with Crippen molar-refractivity contribution in [1.29, 1.82) is 0 Å². The summed E-state index contributed by atoms with van der Waals surface area (Å²) >= 11 is 1.54. The molecule has 0 radical (unpaired) electrons. The number of carboxylic acid groups (broad SMARTS) is 1. The number of carbonyl (C=O) groups is 2. The Morgan fingerprint density at radius 3 is 2.55 bits per heavy atom. The van der Waals surface area contributed by atoms with Crippen LogP contribution >= 0.6 is 11.8 Å². The monoisotopic (exact) mass is 465 g/mol. The van der Waals surface area contributed by atoms with Gasteiger partial charge in [-0.25, -0.2) is 4.79 Å². The lowest BCUT2D eigenvalue weighted by atomic mass is 9.93. The highest BCUT2D eigenvalue weighted by Crippen LogP contribution is 2.28. The van der Waals surface area contributed by atoms with Gasteiger partial charge >= 0.3 is 5.97 Å². The number of carboxylic acids is 1. The van der Waals surface area contributed by atoms with E-state index < -0.39 is 17.9 Å². The van der Waals surface area contributed by atoms with E-state index >= 15 is 0 Å². The molecule has 0 aliphatic heterocycles. The van der Waals surface area contributed by atoms with Gasteiger partial charge in [-0.1, -0.05) is 30.3 Å². The summed E-state index contributed by atoms with van der Waals surface area (Å²) in [6, 6.07) is 14.2. The van der Waals surface area contributed by atoms with Gasteiger partial charge in [-0.3, -0.25) is 4.79 Å². The van der Waals surface area contributed by atoms with Gasteiger partial charge in [-0.05, 0) is 71.4 Å². The average Bonchev–Trinajstić information content (AvgIpc) is 2.82. The number of ether oxygens (including phenoxy) is 1. The lowest BCUT2D eigenvalue weighted by Gasteiger charge is -2.17. The summed E-state index contributed by atoms with van der Waals surface area (Å²) in [4.78, 5) is 24.7. The highest BCUT2D eigenvalue weighted by atomic mass is 32.2. The minimum atomic E-state index is -1.04. The average molecular weight is 466 g/mol. The Bertz CT molecular complexity index is 1090. The van der Waals surface area contributed by atoms with Crippen LogP contribution in [0.1, 0.15) is 33.5 Å². The summed E-state index contributed by atoms with van der Waals surface area (Å²) in [7, 11) is 0. The Labute approximate surface area is 197 Å². The van der Waals surface area contributed by atoms with Gasteiger partial charge in [0.05, 0.1) is 19.4 Å². The lowest BCUT2D eigenvalue weighted by Crippen LogP contribution is -2.41. The molecule has 0 fully saturated rings. The summed E-state index contributed by atoms with van der Waals surface area (Å²) < 4.78 is 5.82. The lowest BCUT2D eigenvalue weighted by molar-refractivity contribution is -0.139. The van der Waals surface area contributed by atoms with Crippen molar-refractivity contribution in [1.82, 2.24) is 15.5 Å². The minimum Gasteiger partial charge on any atom is -0.480 e. The standard InChI is InChI=1S/C25H27N3O4S/c1-17-5-3-4-6-20(17)22-13-18(15-32-16-19-9-11-26-27-14-19)7-8-21(22)24(29)28-23(25(30)31)10-12-33-2/h3-9,11,13-14,23H,10,12,15-16H2,1-2H3,(H,28,29)(H,30,31). The maximum Gasteiger partial charge on any atom is 0.326 e. The van der Waals surface area contributed by atoms with Gasteiger partial charge in [0, 0.05) is 11.8 Å². The molecule has 172 valence electrons. The Morgan fingerprint density at radius 2 is 1.85 bits per heavy atom. The number of nitrogens with one attached hydrogen (secondary N) is 1. The van der Waals surface area contributed by atoms with E-state index in [1.165, 1.54) is 0 Å². The molecule has 0 aliphatic rings. The molecule has 7 nitrogen and oxygen atoms in total. The number of aliphatic carboxylic acids is 1. The molecule has 0 spiro atoms. The fourth-order valence-electron chi connectivity index (χ4n) is 3.40. The molecule has 2 N–H and O–H groups in total. The molecule has 3 rings (SSSR count). The molecule has 1 amide bonds. The van der Waals surface area contributed by atoms with E-state index in [1.807, 2.05) is 55.6 Å². The highest BCUT2D eigenvalue weighted by Gasteiger charge is 2.22. The van der Waals surface area contributed by atoms with Crippen molar-refractivity contribution in [2.75, 3.05) is 12.0 Å². The van der Waals surface area contributed by atoms with Gasteiger partial charge in [0.15, 0.2) is 0 Å². The van der Waals surface area contributed by atoms with E-state index in [4.69, 9.17) is 4.74 Å². The van der Waals surface area contributed by atoms with E-state index in [0.717, 1.165) is 27.8 Å². The van der Waals surface area contributed by atoms with Crippen LogP contribution in [0.15, 0.2) is 60.9 Å². The van der Waals surface area contributed by atoms with Crippen LogP contribution in [-0.2, 0) is 22.7 Å². The number of hydrogen-bond donors (Lipinski definition) is 2. The maximum atomic E-state index is 13.1. The molecule has 0 bridgehead atoms. The predicted molar refractivity (Wildman–Crippen MR) is 129 cm³/mol. The van der Waals surface area contributed by atoms with Crippen LogP contribution < -0.4 is 5.32 Å². The van der Waals surface area contributed by atoms with Crippen molar-refractivity contribution < 1.29 is 19.4 Å². The fraction of sp³-hybridized carbons (Fsp3) is 0.280. The number of amides is 1. The van der Waals surface area contributed by atoms with Crippen molar-refractivity contribution in [2.24, 2.45) is 0 Å². The Morgan fingerprint density at radius 1 is 1.06 bits per heavy atom. The van der Waals surface area contributed by atoms with Crippen LogP contribution in [0, 0.1) is 6.92 Å². The quantitative estimate of drug-likeness (QED) is 0.439. The normalized spacial score (nSPS) is 11.7. The molecular weight excluding hydrogens is 438 g/mol. The van der Waals surface area contributed by atoms with Crippen molar-refractivity contribution in [3.63, 3.8) is 0 Å². The van der Waals surface area contributed by atoms with Gasteiger partial charge in [0.1, 0.15) is 6.04 Å². The predicted octanol–water partition coefficient (Wildman–Crippen LogP) is 4.10. The summed E-state index contributed by atoms with van der Waals surface area (Å²) in [6.45, 7) is 2.73. The fourth-order valence-corrected chi connectivity index (χ4v) is 3.87. The molecule has 3 aromatic rings. The first-order valence-corrected chi connectivity index (χ1v) is 11.9. The first-order chi connectivity index (χ1) is 16.0. The summed E-state index contributed by atoms with van der Waals surface area (Å²) in [5.74, 6) is -0.798. The minimum absolute atomic E-state index is 0.356. The number of thioether (sulfide) groups is 1. The molecule has 1 unspecified atom stereocenters. The van der Waals surface area contributed by atoms with Gasteiger partial charge < -0.3 is 15.2 Å². The van der Waals surface area contributed by atoms with E-state index in [0.29, 0.717) is 31.0 Å². The second-order valence-electron chi connectivity index (χ2n) is 7.58. The van der Waals surface area contributed by atoms with Crippen LogP contribution in [0.3, 0.4) is 0 Å². The SMILES string of the molecule is CSCCC(NC(=O)c1ccc(COCc2ccnnc2)cc1-c1ccccc1C)C(=O)O. The number of aromatic nitrogens is 2. The molecular formula is C25H27N3O4S. The van der Waals surface area contributed by atoms with Crippen molar-refractivity contribution in [3.8, 4) is 11.1 Å². The molecule has 0 saturated carbocycles. The van der Waals surface area contributed by atoms with Crippen molar-refractivity contribution >= 4 is 23.6 Å². The van der Waals surface area contributed by atoms with Crippen molar-refractivity contribution in [3.05, 3.63) is 83.2 Å². The number of benzene rings is 2. The maximum absolute atomic E-state index is 13.1. The molecule has 8 heteroatoms. The van der Waals surface area contributed by atoms with E-state index in [9.17, 15) is 14.7 Å². The van der Waals surface area contributed by atoms with Crippen LogP contribution in [0.4, 0.5) is 0 Å². The first-order valence-electron chi connectivity index (χ1n) is 10.5. The smallest absolute Gasteiger partial charge is 0.326 e. The molecule has 1 aromatic heterocycles. The molecule has 1 atom stereocenters. The first kappa shape index (κ1) is 24.4. The Kier molecular flexibility index (Phi) is 8.97. The zero-order chi connectivity index (χ0) is 23.6. The second kappa shape index (κ2) is 12.1. The third kappa shape index (κ3) is 6.87. The zero-order valence-corrected chi connectivity index (χ0v) is 19.5. The summed E-state index contributed by atoms with van der Waals surface area (Å²) in [5.41, 5.74) is 4.94. The van der Waals surface area contributed by atoms with Gasteiger partial charge in [0.25, 0.3) is 5.91 Å². The third-order valence-electron chi connectivity index (χ3n) is 5.16. The van der Waals surface area contributed by atoms with E-state index in [1.54, 1.807) is 30.2 Å². The van der Waals surface area contributed by atoms with E-state index in [-0.39, 0.29) is 0 Å². The molecule has 0 aliphatic carbocycles. The number of nitrogens with zero attached hydrogens (tertiary/aromatic N) is 2. The number of aryl methyl sites for hydroxylation is 1. The number of carbonyl (C=O) groups excluding carboxylic acids is 1. The molecule has 0 saturated heterocycles. The molecule has 1 heterocycles.